The predicted molar refractivity (Wildman–Crippen MR) is 144 cm³/mol. The molecule has 0 saturated carbocycles. The molecule has 2 aromatic carbocycles. The van der Waals surface area contributed by atoms with Crippen LogP contribution in [0.1, 0.15) is 12.0 Å². The summed E-state index contributed by atoms with van der Waals surface area (Å²) in [5, 5.41) is 1.18. The van der Waals surface area contributed by atoms with Gasteiger partial charge in [-0.15, -0.1) is 12.4 Å². The number of anilines is 1. The number of amides is 1. The molecule has 5 rings (SSSR count). The number of thiazole rings is 1. The Morgan fingerprint density at radius 3 is 2.83 bits per heavy atom. The van der Waals surface area contributed by atoms with E-state index in [2.05, 4.69) is 4.90 Å². The number of halogens is 2. The van der Waals surface area contributed by atoms with Crippen molar-refractivity contribution in [1.29, 1.82) is 0 Å². The van der Waals surface area contributed by atoms with E-state index in [0.717, 1.165) is 49.5 Å². The lowest BCUT2D eigenvalue weighted by atomic mass is 10.2. The largest absolute Gasteiger partial charge is 0.494 e. The van der Waals surface area contributed by atoms with Gasteiger partial charge in [0.15, 0.2) is 16.6 Å². The number of fused-ring (bicyclic) bond motifs is 2. The molecular weight excluding hydrogens is 525 g/mol. The van der Waals surface area contributed by atoms with Gasteiger partial charge in [0, 0.05) is 32.3 Å². The zero-order valence-corrected chi connectivity index (χ0v) is 22.2. The first kappa shape index (κ1) is 26.5. The minimum absolute atomic E-state index is 0. The van der Waals surface area contributed by atoms with Crippen LogP contribution in [0.2, 0.25) is 5.02 Å². The smallest absolute Gasteiger partial charge is 0.252 e. The van der Waals surface area contributed by atoms with Crippen molar-refractivity contribution >= 4 is 62.7 Å². The number of rotatable bonds is 8. The van der Waals surface area contributed by atoms with Crippen LogP contribution in [-0.2, 0) is 9.53 Å². The van der Waals surface area contributed by atoms with Gasteiger partial charge in [0.25, 0.3) is 5.91 Å². The quantitative estimate of drug-likeness (QED) is 0.369. The highest BCUT2D eigenvalue weighted by Gasteiger charge is 2.21. The molecule has 0 spiro atoms. The fraction of sp³-hybridized carbons (Fsp3) is 0.360. The van der Waals surface area contributed by atoms with E-state index in [-0.39, 0.29) is 25.1 Å². The van der Waals surface area contributed by atoms with Crippen LogP contribution < -0.4 is 19.1 Å². The number of carbonyl (C=O) groups excluding carboxylic acids is 1. The van der Waals surface area contributed by atoms with Gasteiger partial charge in [-0.05, 0) is 42.3 Å². The average Bonchev–Trinajstić information content (AvgIpc) is 3.54. The summed E-state index contributed by atoms with van der Waals surface area (Å²) in [7, 11) is 1.60. The van der Waals surface area contributed by atoms with E-state index in [1.54, 1.807) is 36.3 Å². The van der Waals surface area contributed by atoms with E-state index in [1.165, 1.54) is 11.3 Å². The third kappa shape index (κ3) is 5.87. The van der Waals surface area contributed by atoms with Gasteiger partial charge >= 0.3 is 0 Å². The van der Waals surface area contributed by atoms with E-state index >= 15 is 0 Å². The summed E-state index contributed by atoms with van der Waals surface area (Å²) < 4.78 is 22.5. The summed E-state index contributed by atoms with van der Waals surface area (Å²) in [6, 6.07) is 9.17. The Balaban J connectivity index is 0.00000304. The Morgan fingerprint density at radius 2 is 2.03 bits per heavy atom. The third-order valence-electron chi connectivity index (χ3n) is 5.94. The fourth-order valence-electron chi connectivity index (χ4n) is 4.07. The monoisotopic (exact) mass is 551 g/mol. The fourth-order valence-corrected chi connectivity index (χ4v) is 5.36. The molecule has 0 N–H and O–H groups in total. The minimum Gasteiger partial charge on any atom is -0.494 e. The molecule has 1 saturated heterocycles. The number of morpholine rings is 1. The lowest BCUT2D eigenvalue weighted by molar-refractivity contribution is -0.114. The van der Waals surface area contributed by atoms with Crippen LogP contribution in [0.25, 0.3) is 16.3 Å². The van der Waals surface area contributed by atoms with Crippen LogP contribution in [0.5, 0.6) is 17.2 Å². The Morgan fingerprint density at radius 1 is 1.22 bits per heavy atom. The van der Waals surface area contributed by atoms with Gasteiger partial charge in [0.1, 0.15) is 11.3 Å². The van der Waals surface area contributed by atoms with Crippen molar-refractivity contribution in [3.05, 3.63) is 47.0 Å². The molecule has 0 radical (unpaired) electrons. The number of ether oxygens (including phenoxy) is 4. The first-order valence-electron chi connectivity index (χ1n) is 11.4. The van der Waals surface area contributed by atoms with Crippen molar-refractivity contribution in [3.8, 4) is 17.2 Å². The molecule has 1 amide bonds. The standard InChI is InChI=1S/C25H26ClN3O5S.ClH/c1-31-20-7-5-18(26)24-23(20)27-25(35-24)29(10-2-9-28-11-13-32-14-12-28)22(30)8-4-17-3-6-19-21(15-17)34-16-33-19;/h3-8,15H,2,9-14,16H2,1H3;1H/b8-4+;. The van der Waals surface area contributed by atoms with E-state index < -0.39 is 0 Å². The van der Waals surface area contributed by atoms with Crippen molar-refractivity contribution in [3.63, 3.8) is 0 Å². The maximum absolute atomic E-state index is 13.4. The molecule has 0 unspecified atom stereocenters. The normalized spacial score (nSPS) is 15.3. The number of methoxy groups -OCH3 is 1. The lowest BCUT2D eigenvalue weighted by Crippen LogP contribution is -2.39. The third-order valence-corrected chi connectivity index (χ3v) is 7.48. The SMILES string of the molecule is COc1ccc(Cl)c2sc(N(CCCN3CCOCC3)C(=O)/C=C/c3ccc4c(c3)OCO4)nc12.Cl. The second-order valence-corrected chi connectivity index (χ2v) is 9.55. The molecule has 8 nitrogen and oxygen atoms in total. The van der Waals surface area contributed by atoms with Gasteiger partial charge in [0.2, 0.25) is 6.79 Å². The number of hydrogen-bond acceptors (Lipinski definition) is 8. The molecule has 2 aliphatic heterocycles. The summed E-state index contributed by atoms with van der Waals surface area (Å²) in [5.41, 5.74) is 1.51. The number of carbonyl (C=O) groups is 1. The molecule has 2 aliphatic rings. The molecule has 192 valence electrons. The van der Waals surface area contributed by atoms with Gasteiger partial charge in [-0.2, -0.15) is 0 Å². The highest BCUT2D eigenvalue weighted by molar-refractivity contribution is 7.23. The zero-order valence-electron chi connectivity index (χ0n) is 19.8. The molecule has 3 heterocycles. The van der Waals surface area contributed by atoms with E-state index in [4.69, 9.17) is 35.5 Å². The first-order valence-corrected chi connectivity index (χ1v) is 12.6. The van der Waals surface area contributed by atoms with Crippen LogP contribution in [0.15, 0.2) is 36.4 Å². The molecule has 1 fully saturated rings. The number of hydrogen-bond donors (Lipinski definition) is 0. The molecule has 36 heavy (non-hydrogen) atoms. The maximum Gasteiger partial charge on any atom is 0.252 e. The molecule has 1 aromatic heterocycles. The Bertz CT molecular complexity index is 1250. The molecule has 0 atom stereocenters. The number of benzene rings is 2. The Hall–Kier alpha value is -2.56. The predicted octanol–water partition coefficient (Wildman–Crippen LogP) is 4.88. The Kier molecular flexibility index (Phi) is 8.92. The van der Waals surface area contributed by atoms with Gasteiger partial charge in [-0.1, -0.05) is 29.0 Å². The zero-order chi connectivity index (χ0) is 24.2. The highest BCUT2D eigenvalue weighted by Crippen LogP contribution is 2.39. The van der Waals surface area contributed by atoms with Crippen LogP contribution in [0.3, 0.4) is 0 Å². The molecule has 0 bridgehead atoms. The van der Waals surface area contributed by atoms with Gasteiger partial charge < -0.3 is 18.9 Å². The van der Waals surface area contributed by atoms with E-state index in [9.17, 15) is 4.79 Å². The molecule has 0 aliphatic carbocycles. The topological polar surface area (TPSA) is 73.4 Å². The van der Waals surface area contributed by atoms with Crippen LogP contribution in [-0.4, -0.2) is 69.1 Å². The minimum atomic E-state index is -0.154. The number of nitrogens with zero attached hydrogens (tertiary/aromatic N) is 3. The summed E-state index contributed by atoms with van der Waals surface area (Å²) in [5.74, 6) is 1.86. The summed E-state index contributed by atoms with van der Waals surface area (Å²) in [6.45, 7) is 4.93. The van der Waals surface area contributed by atoms with Gasteiger partial charge in [-0.3, -0.25) is 14.6 Å². The van der Waals surface area contributed by atoms with Crippen molar-refractivity contribution in [1.82, 2.24) is 9.88 Å². The summed E-state index contributed by atoms with van der Waals surface area (Å²) >= 11 is 7.83. The van der Waals surface area contributed by atoms with Crippen LogP contribution >= 0.6 is 35.3 Å². The second-order valence-electron chi connectivity index (χ2n) is 8.17. The van der Waals surface area contributed by atoms with Crippen LogP contribution in [0.4, 0.5) is 5.13 Å². The van der Waals surface area contributed by atoms with Gasteiger partial charge in [-0.25, -0.2) is 4.98 Å². The average molecular weight is 552 g/mol. The molecular formula is C25H27Cl2N3O5S. The van der Waals surface area contributed by atoms with Crippen molar-refractivity contribution in [2.24, 2.45) is 0 Å². The summed E-state index contributed by atoms with van der Waals surface area (Å²) in [6.07, 6.45) is 4.15. The lowest BCUT2D eigenvalue weighted by Gasteiger charge is -2.27. The second kappa shape index (κ2) is 12.1. The molecule has 11 heteroatoms. The number of aromatic nitrogens is 1. The first-order chi connectivity index (χ1) is 17.1. The Labute approximate surface area is 224 Å². The maximum atomic E-state index is 13.4. The van der Waals surface area contributed by atoms with Crippen LogP contribution in [0, 0.1) is 0 Å². The highest BCUT2D eigenvalue weighted by atomic mass is 35.5. The summed E-state index contributed by atoms with van der Waals surface area (Å²) in [4.78, 5) is 22.2. The van der Waals surface area contributed by atoms with Crippen molar-refractivity contribution < 1.29 is 23.7 Å². The van der Waals surface area contributed by atoms with Crippen molar-refractivity contribution in [2.75, 3.05) is 58.2 Å². The van der Waals surface area contributed by atoms with E-state index in [0.29, 0.717) is 39.5 Å². The van der Waals surface area contributed by atoms with Crippen molar-refractivity contribution in [2.45, 2.75) is 6.42 Å². The molecule has 3 aromatic rings. The van der Waals surface area contributed by atoms with E-state index in [1.807, 2.05) is 18.2 Å². The van der Waals surface area contributed by atoms with Gasteiger partial charge in [0.05, 0.1) is 30.0 Å².